The maximum absolute atomic E-state index is 13.8. The SMILES string of the molecule is CCOC(=O)C1=C(C)N=c2s/c(=C/c3ccc(C(=O)OC)cc3)c(=O)n2[C@H]1c1cc(OC)ccc1OC. The van der Waals surface area contributed by atoms with Gasteiger partial charge in [-0.05, 0) is 55.8 Å². The van der Waals surface area contributed by atoms with Crippen molar-refractivity contribution in [1.82, 2.24) is 4.57 Å². The lowest BCUT2D eigenvalue weighted by atomic mass is 9.94. The van der Waals surface area contributed by atoms with Gasteiger partial charge in [0.2, 0.25) is 0 Å². The Balaban J connectivity index is 1.94. The number of fused-ring (bicyclic) bond motifs is 1. The van der Waals surface area contributed by atoms with Crippen molar-refractivity contribution in [3.8, 4) is 11.5 Å². The van der Waals surface area contributed by atoms with Crippen molar-refractivity contribution in [2.75, 3.05) is 27.9 Å². The van der Waals surface area contributed by atoms with Gasteiger partial charge in [-0.1, -0.05) is 23.5 Å². The van der Waals surface area contributed by atoms with Gasteiger partial charge in [0, 0.05) is 5.56 Å². The molecule has 192 valence electrons. The third-order valence-corrected chi connectivity index (χ3v) is 6.86. The zero-order valence-corrected chi connectivity index (χ0v) is 21.9. The second-order valence-electron chi connectivity index (χ2n) is 8.02. The molecule has 0 amide bonds. The Kier molecular flexibility index (Phi) is 7.58. The molecule has 2 aromatic carbocycles. The molecule has 1 aliphatic heterocycles. The third-order valence-electron chi connectivity index (χ3n) is 5.88. The van der Waals surface area contributed by atoms with Crippen molar-refractivity contribution in [1.29, 1.82) is 0 Å². The van der Waals surface area contributed by atoms with Crippen molar-refractivity contribution in [2.24, 2.45) is 4.99 Å². The van der Waals surface area contributed by atoms with Crippen molar-refractivity contribution in [3.05, 3.63) is 90.1 Å². The number of esters is 2. The van der Waals surface area contributed by atoms with E-state index in [4.69, 9.17) is 18.9 Å². The Hall–Kier alpha value is -4.18. The highest BCUT2D eigenvalue weighted by Gasteiger charge is 2.35. The van der Waals surface area contributed by atoms with Crippen molar-refractivity contribution < 1.29 is 28.5 Å². The smallest absolute Gasteiger partial charge is 0.338 e. The predicted molar refractivity (Wildman–Crippen MR) is 138 cm³/mol. The Morgan fingerprint density at radius 1 is 1.05 bits per heavy atom. The van der Waals surface area contributed by atoms with Crippen molar-refractivity contribution in [2.45, 2.75) is 19.9 Å². The summed E-state index contributed by atoms with van der Waals surface area (Å²) in [6.45, 7) is 3.60. The van der Waals surface area contributed by atoms with E-state index in [1.54, 1.807) is 62.4 Å². The molecule has 3 aromatic rings. The zero-order chi connectivity index (χ0) is 26.7. The number of carbonyl (C=O) groups is 2. The van der Waals surface area contributed by atoms with Crippen LogP contribution in [-0.4, -0.2) is 44.4 Å². The number of aromatic nitrogens is 1. The minimum Gasteiger partial charge on any atom is -0.497 e. The number of rotatable bonds is 7. The lowest BCUT2D eigenvalue weighted by molar-refractivity contribution is -0.139. The van der Waals surface area contributed by atoms with Crippen molar-refractivity contribution in [3.63, 3.8) is 0 Å². The molecule has 0 spiro atoms. The van der Waals surface area contributed by atoms with E-state index in [2.05, 4.69) is 4.99 Å². The van der Waals surface area contributed by atoms with Gasteiger partial charge in [0.1, 0.15) is 17.5 Å². The first-order chi connectivity index (χ1) is 17.8. The Labute approximate surface area is 216 Å². The van der Waals surface area contributed by atoms with E-state index >= 15 is 0 Å². The van der Waals surface area contributed by atoms with Crippen LogP contribution in [0.15, 0.2) is 63.5 Å². The van der Waals surface area contributed by atoms with Gasteiger partial charge in [-0.3, -0.25) is 9.36 Å². The number of ether oxygens (including phenoxy) is 4. The van der Waals surface area contributed by atoms with Crippen LogP contribution in [0, 0.1) is 0 Å². The predicted octanol–water partition coefficient (Wildman–Crippen LogP) is 2.60. The summed E-state index contributed by atoms with van der Waals surface area (Å²) in [6, 6.07) is 11.1. The fourth-order valence-electron chi connectivity index (χ4n) is 4.12. The lowest BCUT2D eigenvalue weighted by Crippen LogP contribution is -2.40. The molecule has 0 unspecified atom stereocenters. The monoisotopic (exact) mass is 522 g/mol. The Bertz CT molecular complexity index is 1570. The van der Waals surface area contributed by atoms with Crippen LogP contribution in [0.2, 0.25) is 0 Å². The van der Waals surface area contributed by atoms with Gasteiger partial charge in [-0.2, -0.15) is 0 Å². The lowest BCUT2D eigenvalue weighted by Gasteiger charge is -2.26. The molecule has 2 heterocycles. The number of allylic oxidation sites excluding steroid dienone is 1. The van der Waals surface area contributed by atoms with Crippen LogP contribution in [0.3, 0.4) is 0 Å². The van der Waals surface area contributed by atoms with Gasteiger partial charge < -0.3 is 18.9 Å². The summed E-state index contributed by atoms with van der Waals surface area (Å²) in [6.07, 6.45) is 1.72. The average Bonchev–Trinajstić information content (AvgIpc) is 3.21. The van der Waals surface area contributed by atoms with Gasteiger partial charge in [0.15, 0.2) is 4.80 Å². The molecule has 0 N–H and O–H groups in total. The van der Waals surface area contributed by atoms with E-state index in [-0.39, 0.29) is 17.7 Å². The van der Waals surface area contributed by atoms with Gasteiger partial charge in [0.05, 0.1) is 49.3 Å². The van der Waals surface area contributed by atoms with Crippen LogP contribution < -0.4 is 24.4 Å². The van der Waals surface area contributed by atoms with Gasteiger partial charge in [-0.15, -0.1) is 0 Å². The van der Waals surface area contributed by atoms with E-state index in [9.17, 15) is 14.4 Å². The first-order valence-electron chi connectivity index (χ1n) is 11.4. The van der Waals surface area contributed by atoms with E-state index < -0.39 is 18.0 Å². The molecule has 1 atom stereocenters. The third kappa shape index (κ3) is 4.92. The molecule has 0 fully saturated rings. The number of methoxy groups -OCH3 is 3. The molecule has 4 rings (SSSR count). The van der Waals surface area contributed by atoms with Crippen LogP contribution >= 0.6 is 11.3 Å². The molecule has 9 nitrogen and oxygen atoms in total. The normalized spacial score (nSPS) is 15.1. The second-order valence-corrected chi connectivity index (χ2v) is 9.03. The number of carbonyl (C=O) groups excluding carboxylic acids is 2. The van der Waals surface area contributed by atoms with Crippen LogP contribution in [0.1, 0.15) is 41.4 Å². The Morgan fingerprint density at radius 3 is 2.41 bits per heavy atom. The summed E-state index contributed by atoms with van der Waals surface area (Å²) in [7, 11) is 4.38. The highest BCUT2D eigenvalue weighted by atomic mass is 32.1. The molecule has 0 aliphatic carbocycles. The molecule has 37 heavy (non-hydrogen) atoms. The topological polar surface area (TPSA) is 105 Å². The van der Waals surface area contributed by atoms with Gasteiger partial charge >= 0.3 is 11.9 Å². The average molecular weight is 523 g/mol. The molecule has 0 bridgehead atoms. The fourth-order valence-corrected chi connectivity index (χ4v) is 5.17. The van der Waals surface area contributed by atoms with Gasteiger partial charge in [-0.25, -0.2) is 14.6 Å². The molecule has 0 saturated carbocycles. The minimum absolute atomic E-state index is 0.170. The zero-order valence-electron chi connectivity index (χ0n) is 21.1. The summed E-state index contributed by atoms with van der Waals surface area (Å²) >= 11 is 1.20. The van der Waals surface area contributed by atoms with Gasteiger partial charge in [0.25, 0.3) is 5.56 Å². The number of thiazole rings is 1. The standard InChI is InChI=1S/C27H26N2O7S/c1-6-36-26(32)22-15(2)28-27-29(23(22)19-14-18(33-3)11-12-20(19)34-4)24(30)21(37-27)13-16-7-9-17(10-8-16)25(31)35-5/h7-14,23H,6H2,1-5H3/b21-13+/t23-/m0/s1. The first-order valence-corrected chi connectivity index (χ1v) is 12.2. The summed E-state index contributed by atoms with van der Waals surface area (Å²) in [5.74, 6) is 0.0168. The maximum atomic E-state index is 13.8. The Morgan fingerprint density at radius 2 is 1.78 bits per heavy atom. The summed E-state index contributed by atoms with van der Waals surface area (Å²) in [5, 5.41) is 0. The number of benzene rings is 2. The molecular formula is C27H26N2O7S. The van der Waals surface area contributed by atoms with E-state index in [1.165, 1.54) is 37.2 Å². The van der Waals surface area contributed by atoms with E-state index in [1.807, 2.05) is 0 Å². The van der Waals surface area contributed by atoms with Crippen LogP contribution in [0.5, 0.6) is 11.5 Å². The molecule has 0 saturated heterocycles. The van der Waals surface area contributed by atoms with Crippen LogP contribution in [0.4, 0.5) is 0 Å². The maximum Gasteiger partial charge on any atom is 0.338 e. The summed E-state index contributed by atoms with van der Waals surface area (Å²) in [4.78, 5) is 43.6. The molecular weight excluding hydrogens is 496 g/mol. The molecule has 1 aliphatic rings. The number of nitrogens with zero attached hydrogens (tertiary/aromatic N) is 2. The fraction of sp³-hybridized carbons (Fsp3) is 0.259. The molecule has 10 heteroatoms. The summed E-state index contributed by atoms with van der Waals surface area (Å²) < 4.78 is 23.0. The molecule has 1 aromatic heterocycles. The summed E-state index contributed by atoms with van der Waals surface area (Å²) in [5.41, 5.74) is 2.05. The highest BCUT2D eigenvalue weighted by Crippen LogP contribution is 2.37. The largest absolute Gasteiger partial charge is 0.497 e. The molecule has 0 radical (unpaired) electrons. The first kappa shape index (κ1) is 25.9. The minimum atomic E-state index is -0.843. The second kappa shape index (κ2) is 10.8. The van der Waals surface area contributed by atoms with Crippen molar-refractivity contribution >= 4 is 29.4 Å². The number of hydrogen-bond donors (Lipinski definition) is 0. The van der Waals surface area contributed by atoms with Crippen LogP contribution in [0.25, 0.3) is 6.08 Å². The highest BCUT2D eigenvalue weighted by molar-refractivity contribution is 7.07. The van der Waals surface area contributed by atoms with E-state index in [0.29, 0.717) is 37.7 Å². The number of hydrogen-bond acceptors (Lipinski definition) is 9. The van der Waals surface area contributed by atoms with E-state index in [0.717, 1.165) is 5.56 Å². The quantitative estimate of drug-likeness (QED) is 0.439. The van der Waals surface area contributed by atoms with Crippen LogP contribution in [-0.2, 0) is 14.3 Å².